The quantitative estimate of drug-likeness (QED) is 0.679. The van der Waals surface area contributed by atoms with Crippen molar-refractivity contribution in [1.82, 2.24) is 10.2 Å². The first-order valence-electron chi connectivity index (χ1n) is 5.82. The minimum atomic E-state index is -0.114. The van der Waals surface area contributed by atoms with Crippen molar-refractivity contribution in [2.24, 2.45) is 5.73 Å². The summed E-state index contributed by atoms with van der Waals surface area (Å²) >= 11 is 0. The molecule has 0 aliphatic heterocycles. The van der Waals surface area contributed by atoms with Crippen LogP contribution in [0.25, 0.3) is 0 Å². The van der Waals surface area contributed by atoms with Gasteiger partial charge >= 0.3 is 6.03 Å². The number of nitrogens with zero attached hydrogens (tertiary/aromatic N) is 1. The summed E-state index contributed by atoms with van der Waals surface area (Å²) in [5.74, 6) is 0. The Kier molecular flexibility index (Phi) is 4.39. The number of amides is 2. The molecular weight excluding hydrogens is 190 g/mol. The van der Waals surface area contributed by atoms with E-state index in [1.807, 2.05) is 7.05 Å². The third-order valence-electron chi connectivity index (χ3n) is 3.64. The van der Waals surface area contributed by atoms with E-state index in [1.54, 1.807) is 11.9 Å². The van der Waals surface area contributed by atoms with Crippen molar-refractivity contribution in [2.75, 3.05) is 20.6 Å². The van der Waals surface area contributed by atoms with Crippen molar-refractivity contribution in [1.29, 1.82) is 0 Å². The van der Waals surface area contributed by atoms with Gasteiger partial charge in [-0.05, 0) is 12.8 Å². The summed E-state index contributed by atoms with van der Waals surface area (Å²) < 4.78 is 0. The molecular formula is C11H23N3O. The summed E-state index contributed by atoms with van der Waals surface area (Å²) in [6, 6.07) is -0.0256. The van der Waals surface area contributed by atoms with E-state index < -0.39 is 0 Å². The fourth-order valence-electron chi connectivity index (χ4n) is 2.45. The van der Waals surface area contributed by atoms with Gasteiger partial charge < -0.3 is 16.0 Å². The number of nitrogens with one attached hydrogen (secondary N) is 1. The number of carbonyl (C=O) groups excluding carboxylic acids is 1. The lowest BCUT2D eigenvalue weighted by Crippen LogP contribution is -2.56. The van der Waals surface area contributed by atoms with Crippen LogP contribution in [0.4, 0.5) is 4.79 Å². The standard InChI is InChI=1S/C11H23N3O/c1-13-10(15)14(2)11(9-12)7-5-3-4-6-8-11/h3-9,12H2,1-2H3,(H,13,15). The van der Waals surface area contributed by atoms with Gasteiger partial charge in [-0.3, -0.25) is 0 Å². The lowest BCUT2D eigenvalue weighted by atomic mass is 9.89. The molecule has 1 fully saturated rings. The highest BCUT2D eigenvalue weighted by molar-refractivity contribution is 5.74. The fraction of sp³-hybridized carbons (Fsp3) is 0.909. The molecule has 2 amide bonds. The van der Waals surface area contributed by atoms with Gasteiger partial charge in [-0.25, -0.2) is 4.79 Å². The second kappa shape index (κ2) is 5.35. The molecule has 1 rings (SSSR count). The number of likely N-dealkylation sites (N-methyl/N-ethyl adjacent to an activating group) is 1. The predicted octanol–water partition coefficient (Wildman–Crippen LogP) is 1.31. The molecule has 0 aromatic rings. The molecule has 0 aromatic heterocycles. The third-order valence-corrected chi connectivity index (χ3v) is 3.64. The third kappa shape index (κ3) is 2.62. The summed E-state index contributed by atoms with van der Waals surface area (Å²) in [6.07, 6.45) is 6.96. The summed E-state index contributed by atoms with van der Waals surface area (Å²) in [4.78, 5) is 13.5. The maximum absolute atomic E-state index is 11.6. The van der Waals surface area contributed by atoms with Gasteiger partial charge in [0.1, 0.15) is 0 Å². The largest absolute Gasteiger partial charge is 0.341 e. The topological polar surface area (TPSA) is 58.4 Å². The Hall–Kier alpha value is -0.770. The Morgan fingerprint density at radius 1 is 1.33 bits per heavy atom. The predicted molar refractivity (Wildman–Crippen MR) is 61.7 cm³/mol. The van der Waals surface area contributed by atoms with E-state index in [2.05, 4.69) is 5.32 Å². The second-order valence-corrected chi connectivity index (χ2v) is 4.46. The highest BCUT2D eigenvalue weighted by Gasteiger charge is 2.35. The van der Waals surface area contributed by atoms with E-state index in [0.717, 1.165) is 12.8 Å². The van der Waals surface area contributed by atoms with Gasteiger partial charge in [0.05, 0.1) is 5.54 Å². The minimum absolute atomic E-state index is 0.0256. The van der Waals surface area contributed by atoms with Crippen LogP contribution < -0.4 is 11.1 Å². The lowest BCUT2D eigenvalue weighted by Gasteiger charge is -2.40. The van der Waals surface area contributed by atoms with Gasteiger partial charge in [0.15, 0.2) is 0 Å². The first-order chi connectivity index (χ1) is 7.16. The van der Waals surface area contributed by atoms with Crippen LogP contribution in [-0.2, 0) is 0 Å². The van der Waals surface area contributed by atoms with E-state index in [9.17, 15) is 4.79 Å². The highest BCUT2D eigenvalue weighted by atomic mass is 16.2. The van der Waals surface area contributed by atoms with Crippen LogP contribution in [0.5, 0.6) is 0 Å². The van der Waals surface area contributed by atoms with E-state index >= 15 is 0 Å². The molecule has 15 heavy (non-hydrogen) atoms. The lowest BCUT2D eigenvalue weighted by molar-refractivity contribution is 0.126. The van der Waals surface area contributed by atoms with Gasteiger partial charge in [0, 0.05) is 20.6 Å². The van der Waals surface area contributed by atoms with Gasteiger partial charge in [-0.15, -0.1) is 0 Å². The Labute approximate surface area is 92.2 Å². The van der Waals surface area contributed by atoms with Crippen LogP contribution in [0.3, 0.4) is 0 Å². The van der Waals surface area contributed by atoms with Crippen molar-refractivity contribution < 1.29 is 4.79 Å². The van der Waals surface area contributed by atoms with Crippen LogP contribution in [0.2, 0.25) is 0 Å². The zero-order valence-electron chi connectivity index (χ0n) is 9.88. The van der Waals surface area contributed by atoms with Gasteiger partial charge in [-0.1, -0.05) is 25.7 Å². The molecule has 0 unspecified atom stereocenters. The number of hydrogen-bond acceptors (Lipinski definition) is 2. The fourth-order valence-corrected chi connectivity index (χ4v) is 2.45. The molecule has 4 heteroatoms. The molecule has 3 N–H and O–H groups in total. The molecule has 0 atom stereocenters. The van der Waals surface area contributed by atoms with E-state index in [4.69, 9.17) is 5.73 Å². The van der Waals surface area contributed by atoms with Crippen molar-refractivity contribution in [2.45, 2.75) is 44.1 Å². The minimum Gasteiger partial charge on any atom is -0.341 e. The van der Waals surface area contributed by atoms with Crippen molar-refractivity contribution >= 4 is 6.03 Å². The molecule has 1 aliphatic rings. The van der Waals surface area contributed by atoms with Crippen molar-refractivity contribution in [3.05, 3.63) is 0 Å². The molecule has 4 nitrogen and oxygen atoms in total. The molecule has 0 aromatic carbocycles. The van der Waals surface area contributed by atoms with Crippen molar-refractivity contribution in [3.63, 3.8) is 0 Å². The maximum atomic E-state index is 11.6. The monoisotopic (exact) mass is 213 g/mol. The number of hydrogen-bond donors (Lipinski definition) is 2. The molecule has 0 spiro atoms. The average molecular weight is 213 g/mol. The number of carbonyl (C=O) groups is 1. The Bertz CT molecular complexity index is 210. The van der Waals surface area contributed by atoms with Gasteiger partial charge in [0.25, 0.3) is 0 Å². The van der Waals surface area contributed by atoms with Crippen LogP contribution in [0, 0.1) is 0 Å². The first kappa shape index (κ1) is 12.3. The van der Waals surface area contributed by atoms with Crippen LogP contribution in [0.1, 0.15) is 38.5 Å². The zero-order valence-corrected chi connectivity index (χ0v) is 9.88. The Balaban J connectivity index is 2.76. The van der Waals surface area contributed by atoms with Crippen LogP contribution in [-0.4, -0.2) is 37.1 Å². The molecule has 88 valence electrons. The molecule has 0 bridgehead atoms. The normalized spacial score (nSPS) is 20.5. The second-order valence-electron chi connectivity index (χ2n) is 4.46. The van der Waals surface area contributed by atoms with Gasteiger partial charge in [0.2, 0.25) is 0 Å². The Morgan fingerprint density at radius 2 is 1.87 bits per heavy atom. The smallest absolute Gasteiger partial charge is 0.317 e. The van der Waals surface area contributed by atoms with E-state index in [1.165, 1.54) is 25.7 Å². The first-order valence-corrected chi connectivity index (χ1v) is 5.82. The van der Waals surface area contributed by atoms with Crippen molar-refractivity contribution in [3.8, 4) is 0 Å². The Morgan fingerprint density at radius 3 is 2.27 bits per heavy atom. The summed E-state index contributed by atoms with van der Waals surface area (Å²) in [5, 5.41) is 2.67. The zero-order chi connectivity index (χ0) is 11.3. The molecule has 0 heterocycles. The molecule has 0 radical (unpaired) electrons. The maximum Gasteiger partial charge on any atom is 0.317 e. The summed E-state index contributed by atoms with van der Waals surface area (Å²) in [7, 11) is 3.52. The molecule has 1 saturated carbocycles. The summed E-state index contributed by atoms with van der Waals surface area (Å²) in [5.41, 5.74) is 5.76. The average Bonchev–Trinajstić information content (AvgIpc) is 2.53. The molecule has 1 aliphatic carbocycles. The molecule has 0 saturated heterocycles. The van der Waals surface area contributed by atoms with E-state index in [-0.39, 0.29) is 11.6 Å². The SMILES string of the molecule is CNC(=O)N(C)C1(CN)CCCCCC1. The summed E-state index contributed by atoms with van der Waals surface area (Å²) in [6.45, 7) is 0.566. The number of nitrogens with two attached hydrogens (primary N) is 1. The number of urea groups is 1. The highest BCUT2D eigenvalue weighted by Crippen LogP contribution is 2.30. The van der Waals surface area contributed by atoms with Crippen LogP contribution in [0.15, 0.2) is 0 Å². The van der Waals surface area contributed by atoms with Crippen LogP contribution >= 0.6 is 0 Å². The number of rotatable bonds is 2. The van der Waals surface area contributed by atoms with E-state index in [0.29, 0.717) is 6.54 Å². The van der Waals surface area contributed by atoms with Gasteiger partial charge in [-0.2, -0.15) is 0 Å².